The molecule has 0 aliphatic heterocycles. The number of anilines is 1. The number of rotatable bonds is 8. The molecule has 0 fully saturated rings. The Bertz CT molecular complexity index is 951. The SMILES string of the molecule is Cc1ccc(S(=O)(=O)Nc2ccc(OCCCc3ccccc3)cc2)cc1. The van der Waals surface area contributed by atoms with Crippen LogP contribution in [-0.2, 0) is 16.4 Å². The van der Waals surface area contributed by atoms with Crippen molar-refractivity contribution in [1.82, 2.24) is 0 Å². The summed E-state index contributed by atoms with van der Waals surface area (Å²) in [7, 11) is -3.59. The number of sulfonamides is 1. The van der Waals surface area contributed by atoms with Crippen molar-refractivity contribution in [3.63, 3.8) is 0 Å². The van der Waals surface area contributed by atoms with Crippen LogP contribution in [0.3, 0.4) is 0 Å². The van der Waals surface area contributed by atoms with Gasteiger partial charge in [-0.1, -0.05) is 48.0 Å². The van der Waals surface area contributed by atoms with E-state index in [4.69, 9.17) is 4.74 Å². The van der Waals surface area contributed by atoms with E-state index in [1.165, 1.54) is 5.56 Å². The average Bonchev–Trinajstić information content (AvgIpc) is 2.67. The number of hydrogen-bond acceptors (Lipinski definition) is 3. The lowest BCUT2D eigenvalue weighted by atomic mass is 10.1. The third-order valence-corrected chi connectivity index (χ3v) is 5.56. The molecular formula is C22H23NO3S. The maximum absolute atomic E-state index is 12.4. The van der Waals surface area contributed by atoms with Crippen LogP contribution >= 0.6 is 0 Å². The Morgan fingerprint density at radius 3 is 2.19 bits per heavy atom. The fraction of sp³-hybridized carbons (Fsp3) is 0.182. The third kappa shape index (κ3) is 5.59. The van der Waals surface area contributed by atoms with Crippen LogP contribution in [0.4, 0.5) is 5.69 Å². The van der Waals surface area contributed by atoms with Crippen LogP contribution in [0.5, 0.6) is 5.75 Å². The van der Waals surface area contributed by atoms with Crippen molar-refractivity contribution < 1.29 is 13.2 Å². The summed E-state index contributed by atoms with van der Waals surface area (Å²) in [5.41, 5.74) is 2.82. The minimum atomic E-state index is -3.59. The molecule has 3 rings (SSSR count). The zero-order chi connectivity index (χ0) is 19.1. The molecule has 5 heteroatoms. The molecular weight excluding hydrogens is 358 g/mol. The predicted octanol–water partition coefficient (Wildman–Crippen LogP) is 4.81. The Kier molecular flexibility index (Phi) is 6.14. The van der Waals surface area contributed by atoms with Crippen LogP contribution in [0.1, 0.15) is 17.5 Å². The highest BCUT2D eigenvalue weighted by Crippen LogP contribution is 2.20. The first-order valence-corrected chi connectivity index (χ1v) is 10.4. The molecule has 0 saturated heterocycles. The molecule has 4 nitrogen and oxygen atoms in total. The monoisotopic (exact) mass is 381 g/mol. The zero-order valence-corrected chi connectivity index (χ0v) is 16.1. The van der Waals surface area contributed by atoms with E-state index in [9.17, 15) is 8.42 Å². The normalized spacial score (nSPS) is 11.1. The van der Waals surface area contributed by atoms with Crippen molar-refractivity contribution in [1.29, 1.82) is 0 Å². The lowest BCUT2D eigenvalue weighted by Crippen LogP contribution is -2.12. The molecule has 140 valence electrons. The van der Waals surface area contributed by atoms with Crippen LogP contribution in [0.25, 0.3) is 0 Å². The molecule has 1 N–H and O–H groups in total. The second-order valence-corrected chi connectivity index (χ2v) is 8.06. The van der Waals surface area contributed by atoms with Crippen molar-refractivity contribution in [2.75, 3.05) is 11.3 Å². The molecule has 0 atom stereocenters. The lowest BCUT2D eigenvalue weighted by Gasteiger charge is -2.10. The van der Waals surface area contributed by atoms with Crippen molar-refractivity contribution >= 4 is 15.7 Å². The molecule has 3 aromatic carbocycles. The molecule has 0 amide bonds. The van der Waals surface area contributed by atoms with Crippen LogP contribution in [0, 0.1) is 6.92 Å². The maximum Gasteiger partial charge on any atom is 0.261 e. The Labute approximate surface area is 160 Å². The van der Waals surface area contributed by atoms with Gasteiger partial charge in [0.1, 0.15) is 5.75 Å². The minimum absolute atomic E-state index is 0.245. The van der Waals surface area contributed by atoms with E-state index < -0.39 is 10.0 Å². The van der Waals surface area contributed by atoms with Gasteiger partial charge in [-0.25, -0.2) is 8.42 Å². The Hall–Kier alpha value is -2.79. The van der Waals surface area contributed by atoms with E-state index in [-0.39, 0.29) is 4.90 Å². The summed E-state index contributed by atoms with van der Waals surface area (Å²) in [4.78, 5) is 0.245. The predicted molar refractivity (Wildman–Crippen MR) is 109 cm³/mol. The molecule has 0 radical (unpaired) electrons. The first-order chi connectivity index (χ1) is 13.0. The fourth-order valence-electron chi connectivity index (χ4n) is 2.66. The summed E-state index contributed by atoms with van der Waals surface area (Å²) in [6.45, 7) is 2.53. The van der Waals surface area contributed by atoms with Gasteiger partial charge in [0.2, 0.25) is 0 Å². The van der Waals surface area contributed by atoms with Gasteiger partial charge in [0.25, 0.3) is 10.0 Å². The van der Waals surface area contributed by atoms with E-state index in [0.29, 0.717) is 12.3 Å². The summed E-state index contributed by atoms with van der Waals surface area (Å²) in [5.74, 6) is 0.723. The molecule has 0 spiro atoms. The maximum atomic E-state index is 12.4. The third-order valence-electron chi connectivity index (χ3n) is 4.16. The van der Waals surface area contributed by atoms with Gasteiger partial charge >= 0.3 is 0 Å². The van der Waals surface area contributed by atoms with Gasteiger partial charge in [-0.3, -0.25) is 4.72 Å². The van der Waals surface area contributed by atoms with E-state index in [1.54, 1.807) is 48.5 Å². The van der Waals surface area contributed by atoms with Gasteiger partial charge < -0.3 is 4.74 Å². The first kappa shape index (κ1) is 19.0. The van der Waals surface area contributed by atoms with Crippen molar-refractivity contribution in [2.24, 2.45) is 0 Å². The van der Waals surface area contributed by atoms with Crippen LogP contribution in [0.15, 0.2) is 83.8 Å². The number of nitrogens with one attached hydrogen (secondary N) is 1. The number of benzene rings is 3. The highest BCUT2D eigenvalue weighted by atomic mass is 32.2. The zero-order valence-electron chi connectivity index (χ0n) is 15.3. The molecule has 0 bridgehead atoms. The fourth-order valence-corrected chi connectivity index (χ4v) is 3.72. The molecule has 0 aliphatic carbocycles. The number of hydrogen-bond donors (Lipinski definition) is 1. The molecule has 27 heavy (non-hydrogen) atoms. The van der Waals surface area contributed by atoms with Gasteiger partial charge in [0.05, 0.1) is 11.5 Å². The Morgan fingerprint density at radius 2 is 1.52 bits per heavy atom. The number of ether oxygens (including phenoxy) is 1. The van der Waals surface area contributed by atoms with Gasteiger partial charge in [-0.15, -0.1) is 0 Å². The highest BCUT2D eigenvalue weighted by molar-refractivity contribution is 7.92. The van der Waals surface area contributed by atoms with Crippen molar-refractivity contribution in [3.8, 4) is 5.75 Å². The minimum Gasteiger partial charge on any atom is -0.494 e. The van der Waals surface area contributed by atoms with E-state index in [2.05, 4.69) is 16.9 Å². The van der Waals surface area contributed by atoms with Crippen molar-refractivity contribution in [2.45, 2.75) is 24.7 Å². The molecule has 0 unspecified atom stereocenters. The van der Waals surface area contributed by atoms with Crippen LogP contribution < -0.4 is 9.46 Å². The first-order valence-electron chi connectivity index (χ1n) is 8.89. The molecule has 0 saturated carbocycles. The molecule has 0 aromatic heterocycles. The Balaban J connectivity index is 1.51. The highest BCUT2D eigenvalue weighted by Gasteiger charge is 2.13. The van der Waals surface area contributed by atoms with Crippen LogP contribution in [0.2, 0.25) is 0 Å². The van der Waals surface area contributed by atoms with Gasteiger partial charge in [-0.2, -0.15) is 0 Å². The summed E-state index contributed by atoms with van der Waals surface area (Å²) in [5, 5.41) is 0. The second-order valence-electron chi connectivity index (χ2n) is 6.38. The molecule has 0 aliphatic rings. The summed E-state index contributed by atoms with van der Waals surface area (Å²) in [6, 6.07) is 24.0. The summed E-state index contributed by atoms with van der Waals surface area (Å²) < 4.78 is 33.1. The van der Waals surface area contributed by atoms with Crippen molar-refractivity contribution in [3.05, 3.63) is 90.0 Å². The summed E-state index contributed by atoms with van der Waals surface area (Å²) >= 11 is 0. The number of aryl methyl sites for hydroxylation is 2. The standard InChI is InChI=1S/C22H23NO3S/c1-18-9-15-22(16-10-18)27(24,25)23-20-11-13-21(14-12-20)26-17-5-8-19-6-3-2-4-7-19/h2-4,6-7,9-16,23H,5,8,17H2,1H3. The summed E-state index contributed by atoms with van der Waals surface area (Å²) in [6.07, 6.45) is 1.89. The van der Waals surface area contributed by atoms with E-state index in [0.717, 1.165) is 24.2 Å². The molecule has 0 heterocycles. The van der Waals surface area contributed by atoms with Gasteiger partial charge in [-0.05, 0) is 61.7 Å². The van der Waals surface area contributed by atoms with Crippen LogP contribution in [-0.4, -0.2) is 15.0 Å². The molecule has 3 aromatic rings. The quantitative estimate of drug-likeness (QED) is 0.570. The lowest BCUT2D eigenvalue weighted by molar-refractivity contribution is 0.311. The van der Waals surface area contributed by atoms with E-state index >= 15 is 0 Å². The van der Waals surface area contributed by atoms with Gasteiger partial charge in [0.15, 0.2) is 0 Å². The smallest absolute Gasteiger partial charge is 0.261 e. The second kappa shape index (κ2) is 8.73. The van der Waals surface area contributed by atoms with E-state index in [1.807, 2.05) is 25.1 Å². The Morgan fingerprint density at radius 1 is 0.852 bits per heavy atom. The van der Waals surface area contributed by atoms with Gasteiger partial charge in [0, 0.05) is 5.69 Å². The largest absolute Gasteiger partial charge is 0.494 e. The average molecular weight is 381 g/mol. The topological polar surface area (TPSA) is 55.4 Å².